The summed E-state index contributed by atoms with van der Waals surface area (Å²) in [4.78, 5) is 7.74. The fourth-order valence-electron chi connectivity index (χ4n) is 1.34. The monoisotopic (exact) mass is 287 g/mol. The molecule has 1 atom stereocenters. The zero-order valence-corrected chi connectivity index (χ0v) is 12.4. The molecule has 7 heteroatoms. The van der Waals surface area contributed by atoms with Crippen LogP contribution in [0.5, 0.6) is 5.88 Å². The van der Waals surface area contributed by atoms with Crippen molar-refractivity contribution in [1.29, 1.82) is 0 Å². The maximum absolute atomic E-state index is 12.0. The largest absolute Gasteiger partial charge is 0.475 e. The van der Waals surface area contributed by atoms with E-state index in [0.717, 1.165) is 12.8 Å². The standard InChI is InChI=1S/C12H21N3O3S/c1-4-6-7-19(16,17)12-14-10(13)8-11(15-12)18-9(3)5-2/h8-9H,4-7H2,1-3H3,(H2,13,14,15). The van der Waals surface area contributed by atoms with Crippen molar-refractivity contribution in [2.24, 2.45) is 0 Å². The van der Waals surface area contributed by atoms with Crippen LogP contribution in [0.15, 0.2) is 11.2 Å². The summed E-state index contributed by atoms with van der Waals surface area (Å²) in [6.07, 6.45) is 2.10. The molecular weight excluding hydrogens is 266 g/mol. The van der Waals surface area contributed by atoms with Crippen LogP contribution in [0.1, 0.15) is 40.0 Å². The van der Waals surface area contributed by atoms with Crippen LogP contribution in [-0.2, 0) is 9.84 Å². The van der Waals surface area contributed by atoms with Gasteiger partial charge in [0.15, 0.2) is 0 Å². The van der Waals surface area contributed by atoms with Crippen LogP contribution in [0, 0.1) is 0 Å². The topological polar surface area (TPSA) is 95.2 Å². The number of anilines is 1. The predicted molar refractivity (Wildman–Crippen MR) is 73.8 cm³/mol. The molecule has 0 saturated carbocycles. The van der Waals surface area contributed by atoms with Crippen LogP contribution in [0.25, 0.3) is 0 Å². The minimum absolute atomic E-state index is 0.0235. The Hall–Kier alpha value is -1.37. The van der Waals surface area contributed by atoms with Gasteiger partial charge in [0, 0.05) is 6.07 Å². The highest BCUT2D eigenvalue weighted by Gasteiger charge is 2.19. The summed E-state index contributed by atoms with van der Waals surface area (Å²) in [5.41, 5.74) is 5.61. The highest BCUT2D eigenvalue weighted by Crippen LogP contribution is 2.17. The maximum atomic E-state index is 12.0. The second-order valence-corrected chi connectivity index (χ2v) is 6.43. The molecule has 19 heavy (non-hydrogen) atoms. The smallest absolute Gasteiger partial charge is 0.252 e. The number of nitrogens with zero attached hydrogens (tertiary/aromatic N) is 2. The van der Waals surface area contributed by atoms with E-state index in [4.69, 9.17) is 10.5 Å². The Balaban J connectivity index is 3.02. The number of unbranched alkanes of at least 4 members (excludes halogenated alkanes) is 1. The molecule has 0 radical (unpaired) electrons. The van der Waals surface area contributed by atoms with Crippen LogP contribution >= 0.6 is 0 Å². The third kappa shape index (κ3) is 4.66. The second kappa shape index (κ2) is 6.70. The van der Waals surface area contributed by atoms with Crippen molar-refractivity contribution >= 4 is 15.7 Å². The number of nitrogen functional groups attached to an aromatic ring is 1. The van der Waals surface area contributed by atoms with E-state index in [1.54, 1.807) is 0 Å². The average Bonchev–Trinajstić information content (AvgIpc) is 2.35. The zero-order valence-electron chi connectivity index (χ0n) is 11.6. The van der Waals surface area contributed by atoms with Gasteiger partial charge in [0.1, 0.15) is 5.82 Å². The first-order valence-electron chi connectivity index (χ1n) is 6.43. The van der Waals surface area contributed by atoms with E-state index < -0.39 is 9.84 Å². The van der Waals surface area contributed by atoms with E-state index in [1.807, 2.05) is 20.8 Å². The van der Waals surface area contributed by atoms with Gasteiger partial charge in [0.2, 0.25) is 15.7 Å². The Morgan fingerprint density at radius 2 is 2.05 bits per heavy atom. The number of hydrogen-bond donors (Lipinski definition) is 1. The van der Waals surface area contributed by atoms with Gasteiger partial charge in [-0.1, -0.05) is 20.3 Å². The minimum Gasteiger partial charge on any atom is -0.475 e. The van der Waals surface area contributed by atoms with Crippen LogP contribution in [0.2, 0.25) is 0 Å². The molecule has 108 valence electrons. The molecule has 0 aliphatic heterocycles. The number of nitrogens with two attached hydrogens (primary N) is 1. The van der Waals surface area contributed by atoms with Crippen molar-refractivity contribution in [1.82, 2.24) is 9.97 Å². The molecule has 0 spiro atoms. The summed E-state index contributed by atoms with van der Waals surface area (Å²) in [5, 5.41) is -0.251. The number of sulfone groups is 1. The number of ether oxygens (including phenoxy) is 1. The van der Waals surface area contributed by atoms with Crippen molar-refractivity contribution in [3.63, 3.8) is 0 Å². The Morgan fingerprint density at radius 1 is 1.37 bits per heavy atom. The van der Waals surface area contributed by atoms with Gasteiger partial charge in [-0.3, -0.25) is 0 Å². The van der Waals surface area contributed by atoms with Crippen LogP contribution < -0.4 is 10.5 Å². The molecule has 0 amide bonds. The quantitative estimate of drug-likeness (QED) is 0.768. The van der Waals surface area contributed by atoms with Gasteiger partial charge >= 0.3 is 0 Å². The molecule has 0 aromatic carbocycles. The van der Waals surface area contributed by atoms with Gasteiger partial charge in [0.25, 0.3) is 5.16 Å². The first-order chi connectivity index (χ1) is 8.89. The van der Waals surface area contributed by atoms with Gasteiger partial charge in [-0.25, -0.2) is 13.4 Å². The van der Waals surface area contributed by atoms with Gasteiger partial charge in [-0.2, -0.15) is 4.98 Å². The lowest BCUT2D eigenvalue weighted by atomic mass is 10.3. The Kier molecular flexibility index (Phi) is 5.53. The van der Waals surface area contributed by atoms with Crippen molar-refractivity contribution in [3.8, 4) is 5.88 Å². The molecule has 1 rings (SSSR count). The highest BCUT2D eigenvalue weighted by molar-refractivity contribution is 7.91. The molecule has 0 aliphatic carbocycles. The molecule has 1 aromatic heterocycles. The normalized spacial score (nSPS) is 13.2. The summed E-state index contributed by atoms with van der Waals surface area (Å²) in [6, 6.07) is 1.44. The van der Waals surface area contributed by atoms with E-state index in [2.05, 4.69) is 9.97 Å². The highest BCUT2D eigenvalue weighted by atomic mass is 32.2. The Labute approximate surface area is 114 Å². The first kappa shape index (κ1) is 15.7. The Bertz CT molecular complexity index is 517. The first-order valence-corrected chi connectivity index (χ1v) is 8.08. The molecule has 1 unspecified atom stereocenters. The van der Waals surface area contributed by atoms with E-state index in [-0.39, 0.29) is 28.7 Å². The minimum atomic E-state index is -3.49. The number of aromatic nitrogens is 2. The van der Waals surface area contributed by atoms with Gasteiger partial charge in [-0.15, -0.1) is 0 Å². The van der Waals surface area contributed by atoms with Crippen LogP contribution in [-0.4, -0.2) is 30.2 Å². The van der Waals surface area contributed by atoms with E-state index >= 15 is 0 Å². The fourth-order valence-corrected chi connectivity index (χ4v) is 2.66. The summed E-state index contributed by atoms with van der Waals surface area (Å²) in [5.74, 6) is 0.329. The molecule has 1 heterocycles. The Morgan fingerprint density at radius 3 is 2.63 bits per heavy atom. The van der Waals surface area contributed by atoms with Gasteiger partial charge in [-0.05, 0) is 19.8 Å². The van der Waals surface area contributed by atoms with Crippen molar-refractivity contribution in [2.45, 2.75) is 51.3 Å². The fraction of sp³-hybridized carbons (Fsp3) is 0.667. The molecule has 0 bridgehead atoms. The van der Waals surface area contributed by atoms with Crippen LogP contribution in [0.3, 0.4) is 0 Å². The molecule has 0 fully saturated rings. The lowest BCUT2D eigenvalue weighted by molar-refractivity contribution is 0.206. The molecule has 6 nitrogen and oxygen atoms in total. The lowest BCUT2D eigenvalue weighted by Crippen LogP contribution is -2.16. The van der Waals surface area contributed by atoms with Crippen molar-refractivity contribution < 1.29 is 13.2 Å². The number of rotatable bonds is 7. The summed E-state index contributed by atoms with van der Waals surface area (Å²) < 4.78 is 29.5. The predicted octanol–water partition coefficient (Wildman–Crippen LogP) is 1.81. The van der Waals surface area contributed by atoms with Gasteiger partial charge in [0.05, 0.1) is 11.9 Å². The van der Waals surface area contributed by atoms with Crippen LogP contribution in [0.4, 0.5) is 5.82 Å². The molecule has 0 saturated heterocycles. The average molecular weight is 287 g/mol. The molecule has 2 N–H and O–H groups in total. The zero-order chi connectivity index (χ0) is 14.5. The summed E-state index contributed by atoms with van der Waals surface area (Å²) in [7, 11) is -3.49. The lowest BCUT2D eigenvalue weighted by Gasteiger charge is -2.12. The molecular formula is C12H21N3O3S. The summed E-state index contributed by atoms with van der Waals surface area (Å²) >= 11 is 0. The van der Waals surface area contributed by atoms with E-state index in [1.165, 1.54) is 6.07 Å². The molecule has 1 aromatic rings. The number of hydrogen-bond acceptors (Lipinski definition) is 6. The maximum Gasteiger partial charge on any atom is 0.252 e. The third-order valence-corrected chi connectivity index (χ3v) is 4.21. The second-order valence-electron chi connectivity index (χ2n) is 4.42. The van der Waals surface area contributed by atoms with E-state index in [0.29, 0.717) is 6.42 Å². The van der Waals surface area contributed by atoms with E-state index in [9.17, 15) is 8.42 Å². The van der Waals surface area contributed by atoms with Crippen molar-refractivity contribution in [2.75, 3.05) is 11.5 Å². The van der Waals surface area contributed by atoms with Gasteiger partial charge < -0.3 is 10.5 Å². The SMILES string of the molecule is CCCCS(=O)(=O)c1nc(N)cc(OC(C)CC)n1. The van der Waals surface area contributed by atoms with Crippen molar-refractivity contribution in [3.05, 3.63) is 6.07 Å². The molecule has 0 aliphatic rings. The third-order valence-electron chi connectivity index (χ3n) is 2.64. The summed E-state index contributed by atoms with van der Waals surface area (Å²) in [6.45, 7) is 5.77.